The van der Waals surface area contributed by atoms with Crippen molar-refractivity contribution in [3.63, 3.8) is 0 Å². The van der Waals surface area contributed by atoms with E-state index in [0.29, 0.717) is 17.3 Å². The van der Waals surface area contributed by atoms with Crippen LogP contribution in [-0.2, 0) is 7.05 Å². The van der Waals surface area contributed by atoms with Crippen LogP contribution in [0, 0.1) is 6.92 Å². The maximum Gasteiger partial charge on any atom is 0.221 e. The van der Waals surface area contributed by atoms with Gasteiger partial charge >= 0.3 is 0 Å². The topological polar surface area (TPSA) is 79.1 Å². The van der Waals surface area contributed by atoms with Gasteiger partial charge in [0.25, 0.3) is 0 Å². The molecule has 2 N–H and O–H groups in total. The Morgan fingerprint density at radius 1 is 1.56 bits per heavy atom. The number of aryl methyl sites for hydroxylation is 2. The lowest BCUT2D eigenvalue weighted by Gasteiger charge is -2.02. The van der Waals surface area contributed by atoms with Crippen LogP contribution in [0.15, 0.2) is 10.6 Å². The molecule has 2 heterocycles. The summed E-state index contributed by atoms with van der Waals surface area (Å²) in [5.41, 5.74) is 8.31. The zero-order chi connectivity index (χ0) is 13.3. The van der Waals surface area contributed by atoms with Gasteiger partial charge in [-0.2, -0.15) is 5.10 Å². The standard InChI is InChI=1S/C12H18N4O2/c1-5-8(13)10-6-9(15-18-10)11-7(2)14-16(3)12(11)17-4/h6,8H,5,13H2,1-4H3. The van der Waals surface area contributed by atoms with Gasteiger partial charge in [-0.3, -0.25) is 0 Å². The van der Waals surface area contributed by atoms with E-state index in [9.17, 15) is 0 Å². The number of hydrogen-bond acceptors (Lipinski definition) is 5. The van der Waals surface area contributed by atoms with Gasteiger partial charge in [0.1, 0.15) is 5.69 Å². The molecule has 0 spiro atoms. The summed E-state index contributed by atoms with van der Waals surface area (Å²) in [6.45, 7) is 3.91. The minimum absolute atomic E-state index is 0.130. The van der Waals surface area contributed by atoms with Crippen molar-refractivity contribution in [2.75, 3.05) is 7.11 Å². The number of hydrogen-bond donors (Lipinski definition) is 1. The molecule has 18 heavy (non-hydrogen) atoms. The Balaban J connectivity index is 2.46. The Bertz CT molecular complexity index is 544. The van der Waals surface area contributed by atoms with Crippen LogP contribution >= 0.6 is 0 Å². The van der Waals surface area contributed by atoms with Gasteiger partial charge in [0.05, 0.1) is 24.4 Å². The van der Waals surface area contributed by atoms with E-state index in [1.165, 1.54) is 0 Å². The van der Waals surface area contributed by atoms with E-state index in [1.54, 1.807) is 11.8 Å². The summed E-state index contributed by atoms with van der Waals surface area (Å²) in [6.07, 6.45) is 0.803. The first-order chi connectivity index (χ1) is 8.58. The van der Waals surface area contributed by atoms with Gasteiger partial charge in [-0.25, -0.2) is 4.68 Å². The first-order valence-electron chi connectivity index (χ1n) is 5.88. The van der Waals surface area contributed by atoms with E-state index in [4.69, 9.17) is 15.0 Å². The first kappa shape index (κ1) is 12.6. The molecule has 0 aliphatic carbocycles. The van der Waals surface area contributed by atoms with E-state index in [0.717, 1.165) is 17.7 Å². The van der Waals surface area contributed by atoms with Gasteiger partial charge in [0, 0.05) is 13.1 Å². The fourth-order valence-electron chi connectivity index (χ4n) is 1.95. The maximum atomic E-state index is 5.91. The van der Waals surface area contributed by atoms with Gasteiger partial charge in [0.2, 0.25) is 5.88 Å². The molecule has 0 saturated heterocycles. The number of ether oxygens (including phenoxy) is 1. The van der Waals surface area contributed by atoms with Crippen molar-refractivity contribution >= 4 is 0 Å². The van der Waals surface area contributed by atoms with Crippen LogP contribution in [0.5, 0.6) is 5.88 Å². The van der Waals surface area contributed by atoms with Crippen molar-refractivity contribution < 1.29 is 9.26 Å². The fraction of sp³-hybridized carbons (Fsp3) is 0.500. The minimum atomic E-state index is -0.130. The van der Waals surface area contributed by atoms with Gasteiger partial charge < -0.3 is 15.0 Å². The number of aromatic nitrogens is 3. The van der Waals surface area contributed by atoms with Crippen molar-refractivity contribution in [3.05, 3.63) is 17.5 Å². The molecule has 0 aliphatic rings. The lowest BCUT2D eigenvalue weighted by Crippen LogP contribution is -2.06. The molecular formula is C12H18N4O2. The lowest BCUT2D eigenvalue weighted by molar-refractivity contribution is 0.358. The van der Waals surface area contributed by atoms with Gasteiger partial charge in [-0.05, 0) is 13.3 Å². The predicted octanol–water partition coefficient (Wildman–Crippen LogP) is 1.80. The summed E-state index contributed by atoms with van der Waals surface area (Å²) in [5.74, 6) is 1.34. The second-order valence-corrected chi connectivity index (χ2v) is 4.22. The summed E-state index contributed by atoms with van der Waals surface area (Å²) in [4.78, 5) is 0. The Hall–Kier alpha value is -1.82. The molecule has 0 aliphatic heterocycles. The molecule has 6 nitrogen and oxygen atoms in total. The highest BCUT2D eigenvalue weighted by molar-refractivity contribution is 5.68. The van der Waals surface area contributed by atoms with Crippen LogP contribution < -0.4 is 10.5 Å². The number of nitrogens with two attached hydrogens (primary N) is 1. The Kier molecular flexibility index (Phi) is 3.38. The Morgan fingerprint density at radius 2 is 2.28 bits per heavy atom. The number of methoxy groups -OCH3 is 1. The smallest absolute Gasteiger partial charge is 0.221 e. The van der Waals surface area contributed by atoms with E-state index in [2.05, 4.69) is 10.3 Å². The van der Waals surface area contributed by atoms with Crippen molar-refractivity contribution in [2.24, 2.45) is 12.8 Å². The van der Waals surface area contributed by atoms with Crippen LogP contribution in [0.3, 0.4) is 0 Å². The molecule has 1 atom stereocenters. The summed E-state index contributed by atoms with van der Waals surface area (Å²) < 4.78 is 12.3. The summed E-state index contributed by atoms with van der Waals surface area (Å²) in [7, 11) is 3.44. The number of nitrogens with zero attached hydrogens (tertiary/aromatic N) is 3. The Morgan fingerprint density at radius 3 is 2.89 bits per heavy atom. The summed E-state index contributed by atoms with van der Waals surface area (Å²) in [5, 5.41) is 8.36. The quantitative estimate of drug-likeness (QED) is 0.895. The van der Waals surface area contributed by atoms with Crippen LogP contribution in [0.4, 0.5) is 0 Å². The van der Waals surface area contributed by atoms with Gasteiger partial charge in [0.15, 0.2) is 5.76 Å². The second kappa shape index (κ2) is 4.81. The van der Waals surface area contributed by atoms with Gasteiger partial charge in [-0.1, -0.05) is 12.1 Å². The SMILES string of the molecule is CCC(N)c1cc(-c2c(C)nn(C)c2OC)no1. The molecule has 0 fully saturated rings. The molecule has 0 amide bonds. The average Bonchev–Trinajstić information content (AvgIpc) is 2.92. The highest BCUT2D eigenvalue weighted by atomic mass is 16.5. The third-order valence-corrected chi connectivity index (χ3v) is 2.95. The zero-order valence-electron chi connectivity index (χ0n) is 11.1. The Labute approximate surface area is 106 Å². The monoisotopic (exact) mass is 250 g/mol. The fourth-order valence-corrected chi connectivity index (χ4v) is 1.95. The van der Waals surface area contributed by atoms with Crippen molar-refractivity contribution in [3.8, 4) is 17.1 Å². The average molecular weight is 250 g/mol. The normalized spacial score (nSPS) is 12.7. The van der Waals surface area contributed by atoms with E-state index in [1.807, 2.05) is 27.0 Å². The minimum Gasteiger partial charge on any atom is -0.481 e. The zero-order valence-corrected chi connectivity index (χ0v) is 11.1. The summed E-state index contributed by atoms with van der Waals surface area (Å²) >= 11 is 0. The van der Waals surface area contributed by atoms with Crippen LogP contribution in [0.1, 0.15) is 30.8 Å². The third kappa shape index (κ3) is 1.99. The molecule has 2 aromatic heterocycles. The largest absolute Gasteiger partial charge is 0.481 e. The molecule has 0 aromatic carbocycles. The maximum absolute atomic E-state index is 5.91. The predicted molar refractivity (Wildman–Crippen MR) is 67.2 cm³/mol. The van der Waals surface area contributed by atoms with E-state index >= 15 is 0 Å². The highest BCUT2D eigenvalue weighted by Gasteiger charge is 2.20. The molecular weight excluding hydrogens is 232 g/mol. The molecule has 2 rings (SSSR count). The van der Waals surface area contributed by atoms with Crippen molar-refractivity contribution in [1.29, 1.82) is 0 Å². The van der Waals surface area contributed by atoms with E-state index in [-0.39, 0.29) is 6.04 Å². The first-order valence-corrected chi connectivity index (χ1v) is 5.88. The van der Waals surface area contributed by atoms with Crippen LogP contribution in [-0.4, -0.2) is 22.0 Å². The third-order valence-electron chi connectivity index (χ3n) is 2.95. The molecule has 1 unspecified atom stereocenters. The van der Waals surface area contributed by atoms with E-state index < -0.39 is 0 Å². The highest BCUT2D eigenvalue weighted by Crippen LogP contribution is 2.33. The molecule has 0 bridgehead atoms. The molecule has 0 radical (unpaired) electrons. The second-order valence-electron chi connectivity index (χ2n) is 4.22. The molecule has 0 saturated carbocycles. The lowest BCUT2D eigenvalue weighted by atomic mass is 10.1. The van der Waals surface area contributed by atoms with Gasteiger partial charge in [-0.15, -0.1) is 0 Å². The number of rotatable bonds is 4. The molecule has 2 aromatic rings. The molecule has 6 heteroatoms. The molecule has 98 valence electrons. The van der Waals surface area contributed by atoms with Crippen molar-refractivity contribution in [2.45, 2.75) is 26.3 Å². The summed E-state index contributed by atoms with van der Waals surface area (Å²) in [6, 6.07) is 1.72. The van der Waals surface area contributed by atoms with Crippen LogP contribution in [0.2, 0.25) is 0 Å². The van der Waals surface area contributed by atoms with Crippen LogP contribution in [0.25, 0.3) is 11.3 Å². The van der Waals surface area contributed by atoms with Crippen molar-refractivity contribution in [1.82, 2.24) is 14.9 Å².